The summed E-state index contributed by atoms with van der Waals surface area (Å²) in [6.45, 7) is 4.59. The van der Waals surface area contributed by atoms with E-state index in [0.717, 1.165) is 4.88 Å². The van der Waals surface area contributed by atoms with Gasteiger partial charge in [0.2, 0.25) is 0 Å². The fraction of sp³-hybridized carbons (Fsp3) is 0.500. The van der Waals surface area contributed by atoms with Gasteiger partial charge in [0.05, 0.1) is 6.54 Å². The van der Waals surface area contributed by atoms with E-state index in [1.54, 1.807) is 11.3 Å². The molecule has 0 aliphatic rings. The van der Waals surface area contributed by atoms with E-state index in [1.165, 1.54) is 10.4 Å². The second-order valence-electron chi connectivity index (χ2n) is 4.20. The summed E-state index contributed by atoms with van der Waals surface area (Å²) in [5, 5.41) is 22.6. The lowest BCUT2D eigenvalue weighted by atomic mass is 10.2. The molecule has 1 aromatic heterocycles. The fourth-order valence-electron chi connectivity index (χ4n) is 1.41. The Morgan fingerprint density at radius 3 is 2.58 bits per heavy atom. The van der Waals surface area contributed by atoms with Crippen LogP contribution in [-0.2, 0) is 11.3 Å². The highest BCUT2D eigenvalue weighted by atomic mass is 32.1. The van der Waals surface area contributed by atoms with Crippen LogP contribution in [0.4, 0.5) is 4.79 Å². The number of hydrogen-bond donors (Lipinski definition) is 4. The zero-order valence-electron chi connectivity index (χ0n) is 10.9. The normalized spacial score (nSPS) is 11.9. The summed E-state index contributed by atoms with van der Waals surface area (Å²) in [6, 6.07) is 1.65. The highest BCUT2D eigenvalue weighted by molar-refractivity contribution is 7.12. The van der Waals surface area contributed by atoms with Crippen LogP contribution in [0.5, 0.6) is 0 Å². The molecule has 0 aliphatic carbocycles. The third-order valence-corrected chi connectivity index (χ3v) is 3.78. The predicted molar refractivity (Wildman–Crippen MR) is 72.3 cm³/mol. The Morgan fingerprint density at radius 2 is 2.05 bits per heavy atom. The molecule has 1 aromatic rings. The number of thiophene rings is 1. The molecule has 7 heteroatoms. The Labute approximate surface area is 115 Å². The van der Waals surface area contributed by atoms with Crippen molar-refractivity contribution >= 4 is 23.3 Å². The first kappa shape index (κ1) is 15.5. The van der Waals surface area contributed by atoms with Crippen molar-refractivity contribution in [1.29, 1.82) is 0 Å². The lowest BCUT2D eigenvalue weighted by molar-refractivity contribution is -0.146. The summed E-state index contributed by atoms with van der Waals surface area (Å²) in [5.74, 6) is -1.29. The number of rotatable bonds is 6. The molecular formula is C12H18N2O4S. The van der Waals surface area contributed by atoms with Crippen molar-refractivity contribution in [3.63, 3.8) is 0 Å². The molecule has 0 fully saturated rings. The first-order chi connectivity index (χ1) is 8.90. The molecule has 4 N–H and O–H groups in total. The number of carbonyl (C=O) groups excluding carboxylic acids is 1. The summed E-state index contributed by atoms with van der Waals surface area (Å²) >= 11 is 1.63. The number of hydrogen-bond acceptors (Lipinski definition) is 4. The predicted octanol–water partition coefficient (Wildman–Crippen LogP) is 1.000. The molecule has 1 unspecified atom stereocenters. The highest BCUT2D eigenvalue weighted by Crippen LogP contribution is 2.20. The van der Waals surface area contributed by atoms with Gasteiger partial charge < -0.3 is 20.8 Å². The minimum absolute atomic E-state index is 0.0139. The van der Waals surface area contributed by atoms with Gasteiger partial charge in [-0.15, -0.1) is 11.3 Å². The van der Waals surface area contributed by atoms with Crippen molar-refractivity contribution in [2.24, 2.45) is 0 Å². The molecule has 106 valence electrons. The Balaban J connectivity index is 2.23. The minimum atomic E-state index is -1.44. The summed E-state index contributed by atoms with van der Waals surface area (Å²) in [6.07, 6.45) is -1.46. The smallest absolute Gasteiger partial charge is 0.332 e. The van der Waals surface area contributed by atoms with Crippen LogP contribution >= 0.6 is 11.3 Å². The molecular weight excluding hydrogens is 268 g/mol. The number of aliphatic hydroxyl groups is 1. The zero-order valence-corrected chi connectivity index (χ0v) is 11.7. The highest BCUT2D eigenvalue weighted by Gasteiger charge is 2.12. The number of nitrogens with one attached hydrogen (secondary N) is 2. The largest absolute Gasteiger partial charge is 0.479 e. The Kier molecular flexibility index (Phi) is 5.78. The summed E-state index contributed by atoms with van der Waals surface area (Å²) in [4.78, 5) is 24.0. The quantitative estimate of drug-likeness (QED) is 0.627. The van der Waals surface area contributed by atoms with Crippen LogP contribution in [-0.4, -0.2) is 34.9 Å². The van der Waals surface area contributed by atoms with Gasteiger partial charge in [-0.25, -0.2) is 9.59 Å². The molecule has 0 bridgehead atoms. The average molecular weight is 286 g/mol. The monoisotopic (exact) mass is 286 g/mol. The maximum absolute atomic E-state index is 11.4. The van der Waals surface area contributed by atoms with Gasteiger partial charge >= 0.3 is 12.0 Å². The standard InChI is InChI=1S/C12H18N2O4S/c1-7-5-9(19-8(7)2)6-14-12(18)13-4-3-10(15)11(16)17/h5,10,15H,3-4,6H2,1-2H3,(H,16,17)(H2,13,14,18). The average Bonchev–Trinajstić information content (AvgIpc) is 2.66. The first-order valence-corrected chi connectivity index (χ1v) is 6.70. The van der Waals surface area contributed by atoms with Crippen LogP contribution < -0.4 is 10.6 Å². The number of carboxylic acid groups (broad SMARTS) is 1. The van der Waals surface area contributed by atoms with Crippen LogP contribution in [0.25, 0.3) is 0 Å². The van der Waals surface area contributed by atoms with E-state index in [4.69, 9.17) is 10.2 Å². The zero-order chi connectivity index (χ0) is 14.4. The van der Waals surface area contributed by atoms with Gasteiger partial charge in [-0.1, -0.05) is 0 Å². The molecule has 2 amide bonds. The minimum Gasteiger partial charge on any atom is -0.479 e. The molecule has 0 aliphatic heterocycles. The molecule has 1 rings (SSSR count). The number of carbonyl (C=O) groups is 2. The molecule has 0 spiro atoms. The second kappa shape index (κ2) is 7.10. The summed E-state index contributed by atoms with van der Waals surface area (Å²) in [5.41, 5.74) is 1.20. The molecule has 6 nitrogen and oxygen atoms in total. The third kappa shape index (κ3) is 5.27. The lowest BCUT2D eigenvalue weighted by Gasteiger charge is -2.08. The van der Waals surface area contributed by atoms with Crippen LogP contribution in [0, 0.1) is 13.8 Å². The van der Waals surface area contributed by atoms with Crippen LogP contribution in [0.2, 0.25) is 0 Å². The first-order valence-electron chi connectivity index (χ1n) is 5.88. The van der Waals surface area contributed by atoms with E-state index >= 15 is 0 Å². The van der Waals surface area contributed by atoms with Crippen molar-refractivity contribution in [2.45, 2.75) is 32.9 Å². The van der Waals surface area contributed by atoms with Crippen molar-refractivity contribution in [3.8, 4) is 0 Å². The molecule has 1 atom stereocenters. The summed E-state index contributed by atoms with van der Waals surface area (Å²) in [7, 11) is 0. The number of urea groups is 1. The van der Waals surface area contributed by atoms with Gasteiger partial charge in [0.1, 0.15) is 0 Å². The maximum Gasteiger partial charge on any atom is 0.332 e. The SMILES string of the molecule is Cc1cc(CNC(=O)NCCC(O)C(=O)O)sc1C. The van der Waals surface area contributed by atoms with E-state index in [-0.39, 0.29) is 19.0 Å². The van der Waals surface area contributed by atoms with Gasteiger partial charge in [-0.3, -0.25) is 0 Å². The fourth-order valence-corrected chi connectivity index (χ4v) is 2.41. The molecule has 0 saturated carbocycles. The van der Waals surface area contributed by atoms with E-state index in [9.17, 15) is 9.59 Å². The topological polar surface area (TPSA) is 98.7 Å². The number of carboxylic acids is 1. The van der Waals surface area contributed by atoms with Gasteiger partial charge in [-0.05, 0) is 25.5 Å². The van der Waals surface area contributed by atoms with Crippen LogP contribution in [0.1, 0.15) is 21.7 Å². The number of aliphatic hydroxyl groups excluding tert-OH is 1. The van der Waals surface area contributed by atoms with Crippen LogP contribution in [0.3, 0.4) is 0 Å². The van der Waals surface area contributed by atoms with Gasteiger partial charge in [-0.2, -0.15) is 0 Å². The van der Waals surface area contributed by atoms with Crippen molar-refractivity contribution in [3.05, 3.63) is 21.4 Å². The van der Waals surface area contributed by atoms with Crippen molar-refractivity contribution in [2.75, 3.05) is 6.54 Å². The molecule has 0 saturated heterocycles. The van der Waals surface area contributed by atoms with E-state index in [2.05, 4.69) is 10.6 Å². The number of amides is 2. The molecule has 0 radical (unpaired) electrons. The van der Waals surface area contributed by atoms with Crippen molar-refractivity contribution in [1.82, 2.24) is 10.6 Å². The molecule has 1 heterocycles. The Bertz CT molecular complexity index is 439. The van der Waals surface area contributed by atoms with Crippen molar-refractivity contribution < 1.29 is 19.8 Å². The lowest BCUT2D eigenvalue weighted by Crippen LogP contribution is -2.37. The van der Waals surface area contributed by atoms with Gasteiger partial charge in [0.25, 0.3) is 0 Å². The second-order valence-corrected chi connectivity index (χ2v) is 5.54. The van der Waals surface area contributed by atoms with E-state index < -0.39 is 12.1 Å². The number of aryl methyl sites for hydroxylation is 2. The maximum atomic E-state index is 11.4. The van der Waals surface area contributed by atoms with E-state index in [1.807, 2.05) is 19.9 Å². The summed E-state index contributed by atoms with van der Waals surface area (Å²) < 4.78 is 0. The number of aliphatic carboxylic acids is 1. The van der Waals surface area contributed by atoms with Gasteiger partial charge in [0.15, 0.2) is 6.10 Å². The Morgan fingerprint density at radius 1 is 1.37 bits per heavy atom. The Hall–Kier alpha value is -1.60. The molecule has 19 heavy (non-hydrogen) atoms. The third-order valence-electron chi connectivity index (χ3n) is 2.63. The van der Waals surface area contributed by atoms with Crippen LogP contribution in [0.15, 0.2) is 6.07 Å². The molecule has 0 aromatic carbocycles. The van der Waals surface area contributed by atoms with E-state index in [0.29, 0.717) is 6.54 Å². The van der Waals surface area contributed by atoms with Gasteiger partial charge in [0, 0.05) is 22.7 Å².